The van der Waals surface area contributed by atoms with Crippen molar-refractivity contribution in [3.63, 3.8) is 0 Å². The van der Waals surface area contributed by atoms with Crippen LogP contribution in [-0.2, 0) is 0 Å². The summed E-state index contributed by atoms with van der Waals surface area (Å²) in [4.78, 5) is 27.6. The van der Waals surface area contributed by atoms with Crippen LogP contribution in [0.4, 0.5) is 16.2 Å². The Morgan fingerprint density at radius 2 is 2.11 bits per heavy atom. The molecule has 1 aromatic carbocycles. The fraction of sp³-hybridized carbons (Fsp3) is 0.333. The van der Waals surface area contributed by atoms with Gasteiger partial charge in [0.1, 0.15) is 5.84 Å². The second-order valence-electron chi connectivity index (χ2n) is 4.29. The number of nitro benzene ring substituents is 1. The molecule has 2 amide bonds. The Morgan fingerprint density at radius 1 is 1.42 bits per heavy atom. The molecule has 0 unspecified atom stereocenters. The van der Waals surface area contributed by atoms with Gasteiger partial charge < -0.3 is 10.2 Å². The normalized spacial score (nSPS) is 16.7. The van der Waals surface area contributed by atoms with Crippen molar-refractivity contribution < 1.29 is 9.72 Å². The molecule has 0 radical (unpaired) electrons. The molecule has 1 saturated heterocycles. The molecule has 19 heavy (non-hydrogen) atoms. The Hall–Kier alpha value is -2.44. The van der Waals surface area contributed by atoms with E-state index in [-0.39, 0.29) is 5.69 Å². The molecule has 0 aromatic heterocycles. The summed E-state index contributed by atoms with van der Waals surface area (Å²) >= 11 is 0. The van der Waals surface area contributed by atoms with Gasteiger partial charge in [0.2, 0.25) is 0 Å². The third kappa shape index (κ3) is 3.27. The number of urea groups is 1. The predicted octanol–water partition coefficient (Wildman–Crippen LogP) is 2.25. The van der Waals surface area contributed by atoms with E-state index in [1.165, 1.54) is 24.3 Å². The fourth-order valence-corrected chi connectivity index (χ4v) is 1.87. The summed E-state index contributed by atoms with van der Waals surface area (Å²) < 4.78 is 0. The minimum atomic E-state index is -0.487. The van der Waals surface area contributed by atoms with E-state index in [0.717, 1.165) is 25.2 Å². The van der Waals surface area contributed by atoms with Gasteiger partial charge in [-0.05, 0) is 18.6 Å². The molecular formula is C12H14N4O3. The molecule has 0 aliphatic carbocycles. The molecule has 1 aromatic rings. The van der Waals surface area contributed by atoms with E-state index in [0.29, 0.717) is 5.69 Å². The number of anilines is 1. The Balaban J connectivity index is 2.01. The molecule has 0 atom stereocenters. The first-order chi connectivity index (χ1) is 9.06. The molecule has 1 N–H and O–H groups in total. The molecule has 1 heterocycles. The molecule has 7 nitrogen and oxygen atoms in total. The fourth-order valence-electron chi connectivity index (χ4n) is 1.87. The maximum Gasteiger partial charge on any atom is 0.347 e. The topological polar surface area (TPSA) is 87.8 Å². The number of rotatable bonds is 2. The summed E-state index contributed by atoms with van der Waals surface area (Å²) in [5.74, 6) is 0.763. The molecule has 0 spiro atoms. The van der Waals surface area contributed by atoms with Crippen molar-refractivity contribution in [3.05, 3.63) is 34.4 Å². The quantitative estimate of drug-likeness (QED) is 0.654. The number of non-ortho nitro benzene ring substituents is 1. The zero-order valence-corrected chi connectivity index (χ0v) is 10.5. The van der Waals surface area contributed by atoms with Crippen LogP contribution in [-0.4, -0.2) is 35.3 Å². The van der Waals surface area contributed by atoms with Gasteiger partial charge in [0.05, 0.1) is 4.92 Å². The van der Waals surface area contributed by atoms with Crippen LogP contribution in [0.25, 0.3) is 0 Å². The van der Waals surface area contributed by atoms with E-state index in [1.807, 2.05) is 11.9 Å². The molecule has 1 aliphatic heterocycles. The number of aliphatic imine (C=N–C) groups is 1. The lowest BCUT2D eigenvalue weighted by Crippen LogP contribution is -2.21. The van der Waals surface area contributed by atoms with Crippen molar-refractivity contribution in [3.8, 4) is 0 Å². The summed E-state index contributed by atoms with van der Waals surface area (Å²) in [6.07, 6.45) is 1.80. The lowest BCUT2D eigenvalue weighted by molar-refractivity contribution is -0.384. The monoisotopic (exact) mass is 262 g/mol. The van der Waals surface area contributed by atoms with E-state index < -0.39 is 11.0 Å². The van der Waals surface area contributed by atoms with Crippen molar-refractivity contribution in [2.45, 2.75) is 12.8 Å². The second-order valence-corrected chi connectivity index (χ2v) is 4.29. The number of amidine groups is 1. The highest BCUT2D eigenvalue weighted by atomic mass is 16.6. The number of likely N-dealkylation sites (tertiary alicyclic amines) is 1. The first-order valence-corrected chi connectivity index (χ1v) is 5.90. The van der Waals surface area contributed by atoms with E-state index in [1.54, 1.807) is 0 Å². The van der Waals surface area contributed by atoms with Gasteiger partial charge >= 0.3 is 6.03 Å². The van der Waals surface area contributed by atoms with Crippen LogP contribution >= 0.6 is 0 Å². The number of amides is 2. The number of nitrogens with one attached hydrogen (secondary N) is 1. The van der Waals surface area contributed by atoms with Crippen LogP contribution in [0.5, 0.6) is 0 Å². The van der Waals surface area contributed by atoms with Crippen molar-refractivity contribution in [2.75, 3.05) is 18.9 Å². The maximum absolute atomic E-state index is 11.7. The number of nitro groups is 1. The lowest BCUT2D eigenvalue weighted by Gasteiger charge is -2.10. The maximum atomic E-state index is 11.7. The zero-order chi connectivity index (χ0) is 13.8. The number of carbonyl (C=O) groups excluding carboxylic acids is 1. The number of hydrogen-bond acceptors (Lipinski definition) is 3. The third-order valence-corrected chi connectivity index (χ3v) is 2.89. The van der Waals surface area contributed by atoms with Crippen LogP contribution in [0, 0.1) is 10.1 Å². The molecule has 7 heteroatoms. The van der Waals surface area contributed by atoms with E-state index in [2.05, 4.69) is 10.3 Å². The van der Waals surface area contributed by atoms with Gasteiger partial charge in [0.25, 0.3) is 5.69 Å². The van der Waals surface area contributed by atoms with Gasteiger partial charge in [-0.25, -0.2) is 4.79 Å². The van der Waals surface area contributed by atoms with Crippen molar-refractivity contribution in [1.29, 1.82) is 0 Å². The third-order valence-electron chi connectivity index (χ3n) is 2.89. The Labute approximate surface area is 110 Å². The highest BCUT2D eigenvalue weighted by Crippen LogP contribution is 2.16. The first kappa shape index (κ1) is 13.0. The van der Waals surface area contributed by atoms with Crippen LogP contribution in [0.3, 0.4) is 0 Å². The van der Waals surface area contributed by atoms with Gasteiger partial charge in [-0.15, -0.1) is 0 Å². The molecular weight excluding hydrogens is 248 g/mol. The van der Waals surface area contributed by atoms with Gasteiger partial charge in [0.15, 0.2) is 0 Å². The van der Waals surface area contributed by atoms with E-state index >= 15 is 0 Å². The number of carbonyl (C=O) groups is 1. The highest BCUT2D eigenvalue weighted by molar-refractivity contribution is 6.00. The Bertz CT molecular complexity index is 524. The summed E-state index contributed by atoms with van der Waals surface area (Å²) in [6.45, 7) is 0.906. The molecule has 1 fully saturated rings. The SMILES string of the molecule is CN1CCC/C1=N/C(=O)Nc1ccc([N+](=O)[O-])cc1. The van der Waals surface area contributed by atoms with Gasteiger partial charge in [-0.3, -0.25) is 10.1 Å². The predicted molar refractivity (Wildman–Crippen MR) is 71.4 cm³/mol. The van der Waals surface area contributed by atoms with Crippen LogP contribution in [0.15, 0.2) is 29.3 Å². The zero-order valence-electron chi connectivity index (χ0n) is 10.5. The average Bonchev–Trinajstić information content (AvgIpc) is 2.75. The van der Waals surface area contributed by atoms with Crippen LogP contribution in [0.1, 0.15) is 12.8 Å². The molecule has 100 valence electrons. The number of nitrogens with zero attached hydrogens (tertiary/aromatic N) is 3. The summed E-state index contributed by atoms with van der Waals surface area (Å²) in [7, 11) is 1.89. The van der Waals surface area contributed by atoms with Crippen molar-refractivity contribution in [1.82, 2.24) is 4.90 Å². The molecule has 2 rings (SSSR count). The van der Waals surface area contributed by atoms with Gasteiger partial charge in [-0.1, -0.05) is 0 Å². The second kappa shape index (κ2) is 5.47. The molecule has 0 bridgehead atoms. The Kier molecular flexibility index (Phi) is 3.74. The minimum Gasteiger partial charge on any atom is -0.363 e. The summed E-state index contributed by atoms with van der Waals surface area (Å²) in [5.41, 5.74) is 0.473. The van der Waals surface area contributed by atoms with Crippen LogP contribution in [0.2, 0.25) is 0 Å². The minimum absolute atomic E-state index is 0.0140. The van der Waals surface area contributed by atoms with Gasteiger partial charge in [0, 0.05) is 37.8 Å². The summed E-state index contributed by atoms with van der Waals surface area (Å²) in [6, 6.07) is 5.18. The average molecular weight is 262 g/mol. The lowest BCUT2D eigenvalue weighted by atomic mass is 10.3. The van der Waals surface area contributed by atoms with Crippen molar-refractivity contribution >= 4 is 23.2 Å². The highest BCUT2D eigenvalue weighted by Gasteiger charge is 2.15. The number of benzene rings is 1. The van der Waals surface area contributed by atoms with Gasteiger partial charge in [-0.2, -0.15) is 4.99 Å². The van der Waals surface area contributed by atoms with Crippen molar-refractivity contribution in [2.24, 2.45) is 4.99 Å². The largest absolute Gasteiger partial charge is 0.363 e. The van der Waals surface area contributed by atoms with E-state index in [4.69, 9.17) is 0 Å². The smallest absolute Gasteiger partial charge is 0.347 e. The molecule has 0 saturated carbocycles. The number of hydrogen-bond donors (Lipinski definition) is 1. The standard InChI is InChI=1S/C12H14N4O3/c1-15-8-2-3-11(15)14-12(17)13-9-4-6-10(7-5-9)16(18)19/h4-7H,2-3,8H2,1H3,(H,13,17)/b14-11-. The summed E-state index contributed by atoms with van der Waals surface area (Å²) in [5, 5.41) is 13.1. The molecule has 1 aliphatic rings. The Morgan fingerprint density at radius 3 is 2.63 bits per heavy atom. The first-order valence-electron chi connectivity index (χ1n) is 5.90. The van der Waals surface area contributed by atoms with Crippen LogP contribution < -0.4 is 5.32 Å². The van der Waals surface area contributed by atoms with E-state index in [9.17, 15) is 14.9 Å².